The average molecular weight is 241 g/mol. The number of nitrogens with one attached hydrogen (secondary N) is 1. The Morgan fingerprint density at radius 2 is 2.62 bits per heavy atom. The van der Waals surface area contributed by atoms with Gasteiger partial charge in [0.15, 0.2) is 0 Å². The van der Waals surface area contributed by atoms with Crippen molar-refractivity contribution in [1.82, 2.24) is 15.1 Å². The number of carbonyl (C=O) groups is 1. The third-order valence-corrected chi connectivity index (χ3v) is 3.83. The van der Waals surface area contributed by atoms with E-state index in [9.17, 15) is 4.79 Å². The molecule has 0 spiro atoms. The minimum absolute atomic E-state index is 0.0511. The van der Waals surface area contributed by atoms with Crippen LogP contribution >= 0.6 is 11.8 Å². The number of aliphatic carboxylic acids is 1. The molecule has 1 saturated heterocycles. The van der Waals surface area contributed by atoms with Crippen molar-refractivity contribution in [3.63, 3.8) is 0 Å². The summed E-state index contributed by atoms with van der Waals surface area (Å²) in [5.41, 5.74) is 1.05. The quantitative estimate of drug-likeness (QED) is 0.829. The smallest absolute Gasteiger partial charge is 0.320 e. The van der Waals surface area contributed by atoms with Crippen LogP contribution in [-0.2, 0) is 11.3 Å². The highest BCUT2D eigenvalue weighted by molar-refractivity contribution is 7.99. The highest BCUT2D eigenvalue weighted by atomic mass is 32.2. The standard InChI is InChI=1S/C10H15N3O2S/c1-2-13-6-7(5-11-13)9-12-8(10(14)15)3-4-16-9/h5-6,8-9,12H,2-4H2,1H3,(H,14,15). The van der Waals surface area contributed by atoms with Crippen LogP contribution in [0.3, 0.4) is 0 Å². The lowest BCUT2D eigenvalue weighted by molar-refractivity contribution is -0.139. The normalized spacial score (nSPS) is 25.6. The van der Waals surface area contributed by atoms with Gasteiger partial charge in [0.25, 0.3) is 0 Å². The van der Waals surface area contributed by atoms with Gasteiger partial charge in [-0.15, -0.1) is 11.8 Å². The van der Waals surface area contributed by atoms with Crippen LogP contribution < -0.4 is 5.32 Å². The van der Waals surface area contributed by atoms with Gasteiger partial charge in [-0.2, -0.15) is 5.10 Å². The van der Waals surface area contributed by atoms with E-state index in [0.717, 1.165) is 17.9 Å². The van der Waals surface area contributed by atoms with Gasteiger partial charge < -0.3 is 5.11 Å². The van der Waals surface area contributed by atoms with Gasteiger partial charge in [-0.1, -0.05) is 0 Å². The van der Waals surface area contributed by atoms with Crippen LogP contribution in [0.1, 0.15) is 24.3 Å². The summed E-state index contributed by atoms with van der Waals surface area (Å²) >= 11 is 1.73. The summed E-state index contributed by atoms with van der Waals surface area (Å²) in [6.45, 7) is 2.86. The maximum atomic E-state index is 10.9. The number of rotatable bonds is 3. The van der Waals surface area contributed by atoms with Crippen molar-refractivity contribution in [1.29, 1.82) is 0 Å². The van der Waals surface area contributed by atoms with Gasteiger partial charge >= 0.3 is 5.97 Å². The van der Waals surface area contributed by atoms with Crippen LogP contribution in [0.15, 0.2) is 12.4 Å². The molecule has 1 aliphatic rings. The van der Waals surface area contributed by atoms with Crippen molar-refractivity contribution >= 4 is 17.7 Å². The molecular formula is C10H15N3O2S. The average Bonchev–Trinajstić information content (AvgIpc) is 2.77. The molecule has 0 amide bonds. The molecule has 1 aromatic heterocycles. The summed E-state index contributed by atoms with van der Waals surface area (Å²) in [7, 11) is 0. The van der Waals surface area contributed by atoms with E-state index in [-0.39, 0.29) is 5.37 Å². The summed E-state index contributed by atoms with van der Waals surface area (Å²) in [5, 5.41) is 16.3. The molecule has 5 nitrogen and oxygen atoms in total. The van der Waals surface area contributed by atoms with Crippen molar-refractivity contribution in [3.05, 3.63) is 18.0 Å². The molecule has 16 heavy (non-hydrogen) atoms. The molecular weight excluding hydrogens is 226 g/mol. The second-order valence-corrected chi connectivity index (χ2v) is 4.94. The molecule has 2 N–H and O–H groups in total. The fourth-order valence-corrected chi connectivity index (χ4v) is 2.88. The number of hydrogen-bond acceptors (Lipinski definition) is 4. The van der Waals surface area contributed by atoms with Gasteiger partial charge in [0, 0.05) is 18.3 Å². The van der Waals surface area contributed by atoms with Crippen molar-refractivity contribution < 1.29 is 9.90 Å². The van der Waals surface area contributed by atoms with Crippen molar-refractivity contribution in [2.75, 3.05) is 5.75 Å². The van der Waals surface area contributed by atoms with E-state index in [1.54, 1.807) is 18.0 Å². The molecule has 2 rings (SSSR count). The first kappa shape index (κ1) is 11.5. The largest absolute Gasteiger partial charge is 0.480 e. The molecule has 1 fully saturated rings. The summed E-state index contributed by atoms with van der Waals surface area (Å²) in [4.78, 5) is 10.9. The molecule has 0 saturated carbocycles. The fraction of sp³-hybridized carbons (Fsp3) is 0.600. The van der Waals surface area contributed by atoms with Gasteiger partial charge in [0.1, 0.15) is 6.04 Å². The van der Waals surface area contributed by atoms with Gasteiger partial charge in [-0.3, -0.25) is 14.8 Å². The lowest BCUT2D eigenvalue weighted by atomic mass is 10.2. The molecule has 0 radical (unpaired) electrons. The van der Waals surface area contributed by atoms with Gasteiger partial charge in [0.05, 0.1) is 11.6 Å². The number of aryl methyl sites for hydroxylation is 1. The van der Waals surface area contributed by atoms with E-state index in [1.807, 2.05) is 17.8 Å². The molecule has 0 bridgehead atoms. The number of aromatic nitrogens is 2. The Morgan fingerprint density at radius 1 is 1.81 bits per heavy atom. The monoisotopic (exact) mass is 241 g/mol. The Hall–Kier alpha value is -1.01. The van der Waals surface area contributed by atoms with Crippen LogP contribution in [-0.4, -0.2) is 32.7 Å². The predicted octanol–water partition coefficient (Wildman–Crippen LogP) is 1.08. The molecule has 0 aromatic carbocycles. The highest BCUT2D eigenvalue weighted by Crippen LogP contribution is 2.31. The number of carboxylic acids is 1. The second-order valence-electron chi connectivity index (χ2n) is 3.73. The lowest BCUT2D eigenvalue weighted by Crippen LogP contribution is -2.41. The zero-order valence-electron chi connectivity index (χ0n) is 9.09. The number of hydrogen-bond donors (Lipinski definition) is 2. The van der Waals surface area contributed by atoms with Crippen molar-refractivity contribution in [2.45, 2.75) is 31.3 Å². The number of nitrogens with zero attached hydrogens (tertiary/aromatic N) is 2. The zero-order chi connectivity index (χ0) is 11.5. The van der Waals surface area contributed by atoms with E-state index in [0.29, 0.717) is 6.42 Å². The first-order valence-electron chi connectivity index (χ1n) is 5.33. The fourth-order valence-electron chi connectivity index (χ4n) is 1.69. The van der Waals surface area contributed by atoms with E-state index in [1.165, 1.54) is 0 Å². The minimum Gasteiger partial charge on any atom is -0.480 e. The van der Waals surface area contributed by atoms with E-state index >= 15 is 0 Å². The maximum Gasteiger partial charge on any atom is 0.320 e. The predicted molar refractivity (Wildman–Crippen MR) is 62.3 cm³/mol. The van der Waals surface area contributed by atoms with Crippen LogP contribution in [0.4, 0.5) is 0 Å². The lowest BCUT2D eigenvalue weighted by Gasteiger charge is -2.27. The molecule has 0 aliphatic carbocycles. The van der Waals surface area contributed by atoms with Crippen LogP contribution in [0.5, 0.6) is 0 Å². The second kappa shape index (κ2) is 4.88. The zero-order valence-corrected chi connectivity index (χ0v) is 9.91. The van der Waals surface area contributed by atoms with E-state index in [4.69, 9.17) is 5.11 Å². The van der Waals surface area contributed by atoms with Gasteiger partial charge in [-0.25, -0.2) is 0 Å². The van der Waals surface area contributed by atoms with E-state index in [2.05, 4.69) is 10.4 Å². The molecule has 88 valence electrons. The Bertz CT molecular complexity index is 380. The molecule has 2 heterocycles. The van der Waals surface area contributed by atoms with Crippen molar-refractivity contribution in [3.8, 4) is 0 Å². The SMILES string of the molecule is CCn1cc(C2NC(C(=O)O)CCS2)cn1. The third kappa shape index (κ3) is 2.38. The summed E-state index contributed by atoms with van der Waals surface area (Å²) in [6, 6.07) is -0.434. The van der Waals surface area contributed by atoms with E-state index < -0.39 is 12.0 Å². The molecule has 1 aliphatic heterocycles. The van der Waals surface area contributed by atoms with Crippen LogP contribution in [0.2, 0.25) is 0 Å². The molecule has 2 unspecified atom stereocenters. The van der Waals surface area contributed by atoms with Crippen LogP contribution in [0, 0.1) is 0 Å². The van der Waals surface area contributed by atoms with Gasteiger partial charge in [0.2, 0.25) is 0 Å². The molecule has 1 aromatic rings. The summed E-state index contributed by atoms with van der Waals surface area (Å²) < 4.78 is 1.85. The molecule has 6 heteroatoms. The minimum atomic E-state index is -0.770. The first-order chi connectivity index (χ1) is 7.70. The number of thioether (sulfide) groups is 1. The third-order valence-electron chi connectivity index (χ3n) is 2.62. The Labute approximate surface area is 98.2 Å². The highest BCUT2D eigenvalue weighted by Gasteiger charge is 2.27. The topological polar surface area (TPSA) is 67.2 Å². The molecule has 2 atom stereocenters. The Morgan fingerprint density at radius 3 is 3.25 bits per heavy atom. The Balaban J connectivity index is 2.06. The van der Waals surface area contributed by atoms with Crippen LogP contribution in [0.25, 0.3) is 0 Å². The maximum absolute atomic E-state index is 10.9. The van der Waals surface area contributed by atoms with Crippen molar-refractivity contribution in [2.24, 2.45) is 0 Å². The number of carboxylic acid groups (broad SMARTS) is 1. The Kier molecular flexibility index (Phi) is 3.50. The van der Waals surface area contributed by atoms with Gasteiger partial charge in [-0.05, 0) is 19.1 Å². The summed E-state index contributed by atoms with van der Waals surface area (Å²) in [5.74, 6) is 0.0968. The summed E-state index contributed by atoms with van der Waals surface area (Å²) in [6.07, 6.45) is 4.45. The first-order valence-corrected chi connectivity index (χ1v) is 6.38.